The van der Waals surface area contributed by atoms with Crippen LogP contribution in [0, 0.1) is 13.8 Å². The molecule has 2 N–H and O–H groups in total. The van der Waals surface area contributed by atoms with Gasteiger partial charge in [0, 0.05) is 4.88 Å². The summed E-state index contributed by atoms with van der Waals surface area (Å²) in [7, 11) is 0. The highest BCUT2D eigenvalue weighted by atomic mass is 32.2. The van der Waals surface area contributed by atoms with Gasteiger partial charge in [-0.25, -0.2) is 9.97 Å². The molecule has 0 aromatic carbocycles. The zero-order chi connectivity index (χ0) is 13.8. The molecular formula is C14H21N3S2. The molecule has 2 rings (SSSR count). The minimum atomic E-state index is 0.635. The first-order valence-corrected chi connectivity index (χ1v) is 8.70. The minimum absolute atomic E-state index is 0.635. The number of aryl methyl sites for hydroxylation is 2. The van der Waals surface area contributed by atoms with Gasteiger partial charge in [-0.3, -0.25) is 0 Å². The number of unbranched alkanes of at least 4 members (excludes halogenated alkanes) is 2. The maximum absolute atomic E-state index is 6.07. The Balaban J connectivity index is 2.08. The summed E-state index contributed by atoms with van der Waals surface area (Å²) in [5.74, 6) is 3.54. The number of nitrogens with zero attached hydrogens (tertiary/aromatic N) is 2. The summed E-state index contributed by atoms with van der Waals surface area (Å²) in [6.07, 6.45) is 3.85. The Bertz CT molecular complexity index is 563. The quantitative estimate of drug-likeness (QED) is 0.807. The van der Waals surface area contributed by atoms with E-state index in [2.05, 4.69) is 30.7 Å². The molecule has 2 aromatic rings. The summed E-state index contributed by atoms with van der Waals surface area (Å²) in [4.78, 5) is 11.4. The Labute approximate surface area is 123 Å². The molecule has 2 heterocycles. The lowest BCUT2D eigenvalue weighted by Gasteiger charge is -2.03. The second-order valence-electron chi connectivity index (χ2n) is 4.75. The van der Waals surface area contributed by atoms with Crippen molar-refractivity contribution >= 4 is 39.1 Å². The number of thioether (sulfide) groups is 1. The fourth-order valence-electron chi connectivity index (χ4n) is 2.01. The van der Waals surface area contributed by atoms with Crippen molar-refractivity contribution in [1.29, 1.82) is 0 Å². The molecule has 2 aromatic heterocycles. The molecule has 0 saturated carbocycles. The van der Waals surface area contributed by atoms with Crippen LogP contribution in [0.1, 0.15) is 42.5 Å². The van der Waals surface area contributed by atoms with Crippen LogP contribution >= 0.6 is 23.1 Å². The van der Waals surface area contributed by atoms with Crippen LogP contribution in [0.4, 0.5) is 5.82 Å². The van der Waals surface area contributed by atoms with E-state index in [9.17, 15) is 0 Å². The number of aromatic nitrogens is 2. The van der Waals surface area contributed by atoms with Crippen LogP contribution < -0.4 is 5.73 Å². The Morgan fingerprint density at radius 2 is 2.00 bits per heavy atom. The molecule has 0 aliphatic rings. The fourth-order valence-corrected chi connectivity index (χ4v) is 3.93. The standard InChI is InChI=1S/C14H21N3S2/c1-4-5-6-7-18-8-11-16-13(15)12-9(2)10(3)19-14(12)17-11/h4-8H2,1-3H3,(H2,15,16,17). The van der Waals surface area contributed by atoms with Gasteiger partial charge in [-0.1, -0.05) is 19.8 Å². The van der Waals surface area contributed by atoms with Gasteiger partial charge in [-0.05, 0) is 31.6 Å². The summed E-state index contributed by atoms with van der Waals surface area (Å²) in [5, 5.41) is 1.04. The molecule has 104 valence electrons. The summed E-state index contributed by atoms with van der Waals surface area (Å²) in [5.41, 5.74) is 7.29. The number of hydrogen-bond donors (Lipinski definition) is 1. The first-order valence-electron chi connectivity index (χ1n) is 6.73. The summed E-state index contributed by atoms with van der Waals surface area (Å²) >= 11 is 3.61. The van der Waals surface area contributed by atoms with Crippen molar-refractivity contribution in [2.45, 2.75) is 45.8 Å². The molecule has 0 unspecified atom stereocenters. The first-order chi connectivity index (χ1) is 9.13. The molecule has 0 amide bonds. The molecule has 5 heteroatoms. The number of hydrogen-bond acceptors (Lipinski definition) is 5. The van der Waals surface area contributed by atoms with E-state index >= 15 is 0 Å². The maximum Gasteiger partial charge on any atom is 0.142 e. The van der Waals surface area contributed by atoms with Crippen molar-refractivity contribution in [2.24, 2.45) is 0 Å². The van der Waals surface area contributed by atoms with E-state index in [1.807, 2.05) is 11.8 Å². The largest absolute Gasteiger partial charge is 0.383 e. The SMILES string of the molecule is CCCCCSCc1nc(N)c2c(C)c(C)sc2n1. The third-order valence-corrected chi connectivity index (χ3v) is 5.37. The van der Waals surface area contributed by atoms with Gasteiger partial charge < -0.3 is 5.73 Å². The van der Waals surface area contributed by atoms with Crippen molar-refractivity contribution in [3.05, 3.63) is 16.3 Å². The van der Waals surface area contributed by atoms with Crippen molar-refractivity contribution in [3.8, 4) is 0 Å². The average Bonchev–Trinajstić information content (AvgIpc) is 2.65. The van der Waals surface area contributed by atoms with E-state index in [1.165, 1.54) is 35.5 Å². The minimum Gasteiger partial charge on any atom is -0.383 e. The molecule has 0 fully saturated rings. The number of rotatable bonds is 6. The van der Waals surface area contributed by atoms with Crippen LogP contribution in [0.3, 0.4) is 0 Å². The molecule has 0 radical (unpaired) electrons. The smallest absolute Gasteiger partial charge is 0.142 e. The van der Waals surface area contributed by atoms with E-state index in [0.717, 1.165) is 21.8 Å². The van der Waals surface area contributed by atoms with E-state index in [0.29, 0.717) is 5.82 Å². The van der Waals surface area contributed by atoms with Gasteiger partial charge in [0.1, 0.15) is 16.5 Å². The lowest BCUT2D eigenvalue weighted by atomic mass is 10.2. The summed E-state index contributed by atoms with van der Waals surface area (Å²) < 4.78 is 0. The van der Waals surface area contributed by atoms with Gasteiger partial charge in [0.15, 0.2) is 0 Å². The van der Waals surface area contributed by atoms with Gasteiger partial charge in [0.05, 0.1) is 11.1 Å². The van der Waals surface area contributed by atoms with Gasteiger partial charge in [-0.15, -0.1) is 11.3 Å². The molecule has 0 saturated heterocycles. The second kappa shape index (κ2) is 6.57. The molecule has 0 atom stereocenters. The van der Waals surface area contributed by atoms with Crippen molar-refractivity contribution < 1.29 is 0 Å². The van der Waals surface area contributed by atoms with Gasteiger partial charge in [0.2, 0.25) is 0 Å². The highest BCUT2D eigenvalue weighted by molar-refractivity contribution is 7.98. The number of thiophene rings is 1. The molecule has 19 heavy (non-hydrogen) atoms. The topological polar surface area (TPSA) is 51.8 Å². The zero-order valence-corrected chi connectivity index (χ0v) is 13.5. The number of nitrogen functional groups attached to an aromatic ring is 1. The molecule has 0 bridgehead atoms. The average molecular weight is 295 g/mol. The molecule has 3 nitrogen and oxygen atoms in total. The predicted molar refractivity (Wildman–Crippen MR) is 87.0 cm³/mol. The monoisotopic (exact) mass is 295 g/mol. The normalized spacial score (nSPS) is 11.3. The van der Waals surface area contributed by atoms with Crippen molar-refractivity contribution in [2.75, 3.05) is 11.5 Å². The van der Waals surface area contributed by atoms with Crippen LogP contribution in [0.25, 0.3) is 10.2 Å². The molecule has 0 aliphatic carbocycles. The molecular weight excluding hydrogens is 274 g/mol. The van der Waals surface area contributed by atoms with E-state index in [1.54, 1.807) is 11.3 Å². The predicted octanol–water partition coefficient (Wildman–Crippen LogP) is 4.31. The van der Waals surface area contributed by atoms with Gasteiger partial charge >= 0.3 is 0 Å². The van der Waals surface area contributed by atoms with Crippen LogP contribution in [0.5, 0.6) is 0 Å². The molecule has 0 aliphatic heterocycles. The van der Waals surface area contributed by atoms with Crippen LogP contribution in [-0.4, -0.2) is 15.7 Å². The van der Waals surface area contributed by atoms with Gasteiger partial charge in [0.25, 0.3) is 0 Å². The highest BCUT2D eigenvalue weighted by Crippen LogP contribution is 2.32. The third-order valence-electron chi connectivity index (χ3n) is 3.23. The van der Waals surface area contributed by atoms with Crippen LogP contribution in [0.15, 0.2) is 0 Å². The Morgan fingerprint density at radius 3 is 2.74 bits per heavy atom. The number of nitrogens with two attached hydrogens (primary N) is 1. The van der Waals surface area contributed by atoms with Crippen molar-refractivity contribution in [1.82, 2.24) is 9.97 Å². The second-order valence-corrected chi connectivity index (χ2v) is 7.06. The third kappa shape index (κ3) is 3.39. The van der Waals surface area contributed by atoms with E-state index in [-0.39, 0.29) is 0 Å². The first kappa shape index (κ1) is 14.6. The summed E-state index contributed by atoms with van der Waals surface area (Å²) in [6.45, 7) is 6.43. The van der Waals surface area contributed by atoms with E-state index < -0.39 is 0 Å². The zero-order valence-electron chi connectivity index (χ0n) is 11.8. The number of anilines is 1. The van der Waals surface area contributed by atoms with E-state index in [4.69, 9.17) is 5.73 Å². The van der Waals surface area contributed by atoms with Crippen LogP contribution in [-0.2, 0) is 5.75 Å². The van der Waals surface area contributed by atoms with Crippen molar-refractivity contribution in [3.63, 3.8) is 0 Å². The Hall–Kier alpha value is -0.810. The Morgan fingerprint density at radius 1 is 1.21 bits per heavy atom. The fraction of sp³-hybridized carbons (Fsp3) is 0.571. The lowest BCUT2D eigenvalue weighted by Crippen LogP contribution is -1.99. The van der Waals surface area contributed by atoms with Crippen LogP contribution in [0.2, 0.25) is 0 Å². The maximum atomic E-state index is 6.07. The molecule has 0 spiro atoms. The highest BCUT2D eigenvalue weighted by Gasteiger charge is 2.12. The van der Waals surface area contributed by atoms with Gasteiger partial charge in [-0.2, -0.15) is 11.8 Å². The summed E-state index contributed by atoms with van der Waals surface area (Å²) in [6, 6.07) is 0. The Kier molecular flexibility index (Phi) is 5.05. The lowest BCUT2D eigenvalue weighted by molar-refractivity contribution is 0.778. The number of fused-ring (bicyclic) bond motifs is 1.